The Morgan fingerprint density at radius 3 is 2.94 bits per heavy atom. The standard InChI is InChI=1S/C12H13ClN2O2/c1-15(12-14-11(7-16)8-17-12)6-9-3-2-4-10(13)5-9/h2-5,8,16H,6-7H2,1H3. The van der Waals surface area contributed by atoms with Crippen LogP contribution in [0.25, 0.3) is 0 Å². The SMILES string of the molecule is CN(Cc1cccc(Cl)c1)c1nc(CO)co1. The van der Waals surface area contributed by atoms with Crippen molar-refractivity contribution >= 4 is 17.6 Å². The Morgan fingerprint density at radius 2 is 2.29 bits per heavy atom. The summed E-state index contributed by atoms with van der Waals surface area (Å²) in [6, 6.07) is 8.10. The van der Waals surface area contributed by atoms with Crippen molar-refractivity contribution in [2.45, 2.75) is 13.2 Å². The van der Waals surface area contributed by atoms with E-state index in [-0.39, 0.29) is 6.61 Å². The lowest BCUT2D eigenvalue weighted by Crippen LogP contribution is -2.16. The van der Waals surface area contributed by atoms with Crippen molar-refractivity contribution in [2.75, 3.05) is 11.9 Å². The van der Waals surface area contributed by atoms with Crippen LogP contribution in [0.3, 0.4) is 0 Å². The molecule has 2 rings (SSSR count). The number of hydrogen-bond acceptors (Lipinski definition) is 4. The van der Waals surface area contributed by atoms with E-state index in [1.54, 1.807) is 0 Å². The molecule has 0 atom stereocenters. The number of aromatic nitrogens is 1. The number of nitrogens with zero attached hydrogens (tertiary/aromatic N) is 2. The average molecular weight is 253 g/mol. The van der Waals surface area contributed by atoms with Crippen LogP contribution < -0.4 is 4.90 Å². The normalized spacial score (nSPS) is 10.5. The first kappa shape index (κ1) is 12.0. The van der Waals surface area contributed by atoms with Crippen LogP contribution in [0, 0.1) is 0 Å². The molecule has 17 heavy (non-hydrogen) atoms. The van der Waals surface area contributed by atoms with Crippen LogP contribution in [-0.4, -0.2) is 17.1 Å². The summed E-state index contributed by atoms with van der Waals surface area (Å²) in [7, 11) is 1.87. The molecule has 2 aromatic rings. The van der Waals surface area contributed by atoms with Gasteiger partial charge in [0.05, 0.1) is 6.61 Å². The number of hydrogen-bond donors (Lipinski definition) is 1. The maximum atomic E-state index is 8.90. The third-order valence-electron chi connectivity index (χ3n) is 2.34. The predicted molar refractivity (Wildman–Crippen MR) is 66.0 cm³/mol. The molecule has 0 radical (unpaired) electrons. The fraction of sp³-hybridized carbons (Fsp3) is 0.250. The van der Waals surface area contributed by atoms with Gasteiger partial charge in [-0.3, -0.25) is 0 Å². The molecular weight excluding hydrogens is 240 g/mol. The highest BCUT2D eigenvalue weighted by Gasteiger charge is 2.09. The largest absolute Gasteiger partial charge is 0.432 e. The maximum Gasteiger partial charge on any atom is 0.297 e. The highest BCUT2D eigenvalue weighted by Crippen LogP contribution is 2.17. The van der Waals surface area contributed by atoms with Crippen molar-refractivity contribution in [3.8, 4) is 0 Å². The summed E-state index contributed by atoms with van der Waals surface area (Å²) in [5, 5.41) is 9.61. The molecule has 0 unspecified atom stereocenters. The Balaban J connectivity index is 2.08. The molecule has 5 heteroatoms. The van der Waals surface area contributed by atoms with Gasteiger partial charge in [0.1, 0.15) is 12.0 Å². The van der Waals surface area contributed by atoms with Gasteiger partial charge >= 0.3 is 0 Å². The Labute approximate surface area is 104 Å². The molecule has 0 aliphatic heterocycles. The smallest absolute Gasteiger partial charge is 0.297 e. The predicted octanol–water partition coefficient (Wildman–Crippen LogP) is 2.46. The summed E-state index contributed by atoms with van der Waals surface area (Å²) in [6.45, 7) is 0.528. The number of aliphatic hydroxyl groups excluding tert-OH is 1. The second-order valence-corrected chi connectivity index (χ2v) is 4.20. The van der Waals surface area contributed by atoms with E-state index < -0.39 is 0 Å². The first-order valence-electron chi connectivity index (χ1n) is 5.20. The van der Waals surface area contributed by atoms with Gasteiger partial charge in [-0.05, 0) is 17.7 Å². The molecule has 1 heterocycles. The molecular formula is C12H13ClN2O2. The van der Waals surface area contributed by atoms with Crippen LogP contribution in [0.1, 0.15) is 11.3 Å². The molecule has 0 amide bonds. The van der Waals surface area contributed by atoms with Crippen LogP contribution in [0.5, 0.6) is 0 Å². The Bertz CT molecular complexity index is 499. The molecule has 0 bridgehead atoms. The minimum absolute atomic E-state index is 0.117. The van der Waals surface area contributed by atoms with Crippen molar-refractivity contribution in [1.82, 2.24) is 4.98 Å². The minimum Gasteiger partial charge on any atom is -0.432 e. The van der Waals surface area contributed by atoms with Gasteiger partial charge in [0, 0.05) is 18.6 Å². The van der Waals surface area contributed by atoms with Gasteiger partial charge in [0.25, 0.3) is 6.01 Å². The summed E-state index contributed by atoms with van der Waals surface area (Å²) in [5.41, 5.74) is 1.60. The molecule has 1 aromatic heterocycles. The third kappa shape index (κ3) is 2.99. The van der Waals surface area contributed by atoms with Crippen molar-refractivity contribution in [3.05, 3.63) is 46.8 Å². The topological polar surface area (TPSA) is 49.5 Å². The Kier molecular flexibility index (Phi) is 3.66. The molecule has 0 aliphatic carbocycles. The first-order chi connectivity index (χ1) is 8.19. The van der Waals surface area contributed by atoms with Gasteiger partial charge in [0.2, 0.25) is 0 Å². The number of oxazole rings is 1. The van der Waals surface area contributed by atoms with Gasteiger partial charge in [-0.25, -0.2) is 0 Å². The Morgan fingerprint density at radius 1 is 1.47 bits per heavy atom. The van der Waals surface area contributed by atoms with Crippen molar-refractivity contribution in [1.29, 1.82) is 0 Å². The average Bonchev–Trinajstić information content (AvgIpc) is 2.77. The van der Waals surface area contributed by atoms with Crippen LogP contribution >= 0.6 is 11.6 Å². The highest BCUT2D eigenvalue weighted by atomic mass is 35.5. The Hall–Kier alpha value is -1.52. The van der Waals surface area contributed by atoms with E-state index in [0.717, 1.165) is 5.56 Å². The fourth-order valence-corrected chi connectivity index (χ4v) is 1.73. The van der Waals surface area contributed by atoms with Crippen LogP contribution in [0.15, 0.2) is 34.9 Å². The number of rotatable bonds is 4. The zero-order valence-electron chi connectivity index (χ0n) is 9.43. The van der Waals surface area contributed by atoms with E-state index in [4.69, 9.17) is 21.1 Å². The second kappa shape index (κ2) is 5.21. The van der Waals surface area contributed by atoms with Gasteiger partial charge in [-0.2, -0.15) is 4.98 Å². The van der Waals surface area contributed by atoms with E-state index in [0.29, 0.717) is 23.3 Å². The monoisotopic (exact) mass is 252 g/mol. The number of halogens is 1. The van der Waals surface area contributed by atoms with Gasteiger partial charge in [-0.1, -0.05) is 23.7 Å². The van der Waals surface area contributed by atoms with Crippen molar-refractivity contribution in [2.24, 2.45) is 0 Å². The minimum atomic E-state index is -0.117. The zero-order chi connectivity index (χ0) is 12.3. The maximum absolute atomic E-state index is 8.90. The van der Waals surface area contributed by atoms with Gasteiger partial charge in [0.15, 0.2) is 0 Å². The molecule has 0 saturated carbocycles. The zero-order valence-corrected chi connectivity index (χ0v) is 10.2. The molecule has 4 nitrogen and oxygen atoms in total. The molecule has 0 spiro atoms. The van der Waals surface area contributed by atoms with Crippen LogP contribution in [0.4, 0.5) is 6.01 Å². The van der Waals surface area contributed by atoms with E-state index in [1.165, 1.54) is 6.26 Å². The summed E-state index contributed by atoms with van der Waals surface area (Å²) in [6.07, 6.45) is 1.45. The summed E-state index contributed by atoms with van der Waals surface area (Å²) < 4.78 is 5.24. The first-order valence-corrected chi connectivity index (χ1v) is 5.57. The van der Waals surface area contributed by atoms with Crippen LogP contribution in [-0.2, 0) is 13.2 Å². The number of aliphatic hydroxyl groups is 1. The van der Waals surface area contributed by atoms with E-state index >= 15 is 0 Å². The van der Waals surface area contributed by atoms with Gasteiger partial charge < -0.3 is 14.4 Å². The highest BCUT2D eigenvalue weighted by molar-refractivity contribution is 6.30. The van der Waals surface area contributed by atoms with E-state index in [2.05, 4.69) is 4.98 Å². The molecule has 0 saturated heterocycles. The van der Waals surface area contributed by atoms with E-state index in [1.807, 2.05) is 36.2 Å². The summed E-state index contributed by atoms with van der Waals surface area (Å²) >= 11 is 5.91. The van der Waals surface area contributed by atoms with Gasteiger partial charge in [-0.15, -0.1) is 0 Å². The van der Waals surface area contributed by atoms with Crippen LogP contribution in [0.2, 0.25) is 5.02 Å². The summed E-state index contributed by atoms with van der Waals surface area (Å²) in [5.74, 6) is 0. The fourth-order valence-electron chi connectivity index (χ4n) is 1.52. The quantitative estimate of drug-likeness (QED) is 0.908. The third-order valence-corrected chi connectivity index (χ3v) is 2.57. The number of benzene rings is 1. The van der Waals surface area contributed by atoms with Crippen molar-refractivity contribution in [3.63, 3.8) is 0 Å². The lowest BCUT2D eigenvalue weighted by atomic mass is 10.2. The lowest BCUT2D eigenvalue weighted by Gasteiger charge is -2.14. The van der Waals surface area contributed by atoms with E-state index in [9.17, 15) is 0 Å². The molecule has 1 N–H and O–H groups in total. The summed E-state index contributed by atoms with van der Waals surface area (Å²) in [4.78, 5) is 5.98. The molecule has 0 aliphatic rings. The second-order valence-electron chi connectivity index (χ2n) is 3.77. The van der Waals surface area contributed by atoms with Crippen molar-refractivity contribution < 1.29 is 9.52 Å². The number of anilines is 1. The molecule has 1 aromatic carbocycles. The molecule has 0 fully saturated rings. The molecule has 90 valence electrons. The lowest BCUT2D eigenvalue weighted by molar-refractivity contribution is 0.276.